The van der Waals surface area contributed by atoms with Crippen LogP contribution in [0, 0.1) is 0 Å². The maximum absolute atomic E-state index is 5.55. The SMILES string of the molecule is CCOc1ccc(NC(=NC)NCCc2c[nH]c3ccccc23)cc1OC. The molecule has 6 heteroatoms. The number of aromatic amines is 1. The van der Waals surface area contributed by atoms with Gasteiger partial charge in [0.2, 0.25) is 0 Å². The Balaban J connectivity index is 1.59. The molecule has 0 amide bonds. The van der Waals surface area contributed by atoms with Crippen LogP contribution in [0.5, 0.6) is 11.5 Å². The van der Waals surface area contributed by atoms with Crippen LogP contribution in [0.25, 0.3) is 10.9 Å². The van der Waals surface area contributed by atoms with Gasteiger partial charge in [-0.1, -0.05) is 18.2 Å². The lowest BCUT2D eigenvalue weighted by Gasteiger charge is -2.14. The molecule has 0 saturated carbocycles. The number of rotatable bonds is 7. The minimum absolute atomic E-state index is 0.597. The van der Waals surface area contributed by atoms with Crippen LogP contribution in [0.4, 0.5) is 5.69 Å². The summed E-state index contributed by atoms with van der Waals surface area (Å²) in [5, 5.41) is 7.90. The molecule has 0 unspecified atom stereocenters. The third-order valence-corrected chi connectivity index (χ3v) is 4.31. The molecule has 0 bridgehead atoms. The summed E-state index contributed by atoms with van der Waals surface area (Å²) >= 11 is 0. The van der Waals surface area contributed by atoms with E-state index in [1.54, 1.807) is 14.2 Å². The minimum atomic E-state index is 0.597. The molecule has 0 fully saturated rings. The van der Waals surface area contributed by atoms with Gasteiger partial charge in [-0.15, -0.1) is 0 Å². The number of fused-ring (bicyclic) bond motifs is 1. The Labute approximate surface area is 159 Å². The van der Waals surface area contributed by atoms with Crippen LogP contribution in [-0.4, -0.2) is 38.3 Å². The number of methoxy groups -OCH3 is 1. The molecule has 1 heterocycles. The fourth-order valence-electron chi connectivity index (χ4n) is 2.99. The lowest BCUT2D eigenvalue weighted by molar-refractivity contribution is 0.311. The van der Waals surface area contributed by atoms with Crippen molar-refractivity contribution in [3.05, 3.63) is 54.2 Å². The van der Waals surface area contributed by atoms with E-state index in [4.69, 9.17) is 9.47 Å². The summed E-state index contributed by atoms with van der Waals surface area (Å²) in [6, 6.07) is 14.1. The third kappa shape index (κ3) is 4.53. The summed E-state index contributed by atoms with van der Waals surface area (Å²) in [5.74, 6) is 2.13. The summed E-state index contributed by atoms with van der Waals surface area (Å²) in [6.07, 6.45) is 2.97. The lowest BCUT2D eigenvalue weighted by atomic mass is 10.1. The van der Waals surface area contributed by atoms with Crippen molar-refractivity contribution in [3.8, 4) is 11.5 Å². The van der Waals surface area contributed by atoms with Crippen molar-refractivity contribution in [2.24, 2.45) is 4.99 Å². The van der Waals surface area contributed by atoms with E-state index in [0.29, 0.717) is 18.3 Å². The number of aliphatic imine (C=N–C) groups is 1. The molecule has 0 atom stereocenters. The molecule has 0 aliphatic rings. The second-order valence-electron chi connectivity index (χ2n) is 6.03. The molecule has 3 aromatic rings. The Morgan fingerprint density at radius 1 is 1.15 bits per heavy atom. The quantitative estimate of drug-likeness (QED) is 0.439. The zero-order valence-corrected chi connectivity index (χ0v) is 16.0. The molecule has 6 nitrogen and oxygen atoms in total. The van der Waals surface area contributed by atoms with E-state index in [1.165, 1.54) is 10.9 Å². The summed E-state index contributed by atoms with van der Waals surface area (Å²) in [5.41, 5.74) is 3.34. The minimum Gasteiger partial charge on any atom is -0.493 e. The van der Waals surface area contributed by atoms with Crippen LogP contribution >= 0.6 is 0 Å². The summed E-state index contributed by atoms with van der Waals surface area (Å²) in [4.78, 5) is 7.60. The number of hydrogen-bond acceptors (Lipinski definition) is 3. The fraction of sp³-hybridized carbons (Fsp3) is 0.286. The van der Waals surface area contributed by atoms with Crippen molar-refractivity contribution >= 4 is 22.5 Å². The summed E-state index contributed by atoms with van der Waals surface area (Å²) in [7, 11) is 3.39. The first-order chi connectivity index (χ1) is 13.2. The van der Waals surface area contributed by atoms with Crippen LogP contribution in [-0.2, 0) is 6.42 Å². The number of H-pyrrole nitrogens is 1. The van der Waals surface area contributed by atoms with E-state index in [2.05, 4.69) is 45.0 Å². The van der Waals surface area contributed by atoms with Crippen molar-refractivity contribution in [1.82, 2.24) is 10.3 Å². The van der Waals surface area contributed by atoms with Gasteiger partial charge in [-0.3, -0.25) is 4.99 Å². The molecule has 142 valence electrons. The molecule has 0 aliphatic carbocycles. The van der Waals surface area contributed by atoms with Gasteiger partial charge in [0.05, 0.1) is 13.7 Å². The highest BCUT2D eigenvalue weighted by atomic mass is 16.5. The normalized spacial score (nSPS) is 11.4. The predicted octanol–water partition coefficient (Wildman–Crippen LogP) is 3.81. The molecule has 0 radical (unpaired) electrons. The molecule has 1 aromatic heterocycles. The van der Waals surface area contributed by atoms with Crippen LogP contribution in [0.1, 0.15) is 12.5 Å². The molecule has 3 rings (SSSR count). The molecule has 27 heavy (non-hydrogen) atoms. The van der Waals surface area contributed by atoms with Crippen molar-refractivity contribution in [2.75, 3.05) is 32.6 Å². The van der Waals surface area contributed by atoms with Gasteiger partial charge in [-0.2, -0.15) is 0 Å². The number of guanidine groups is 1. The van der Waals surface area contributed by atoms with E-state index in [-0.39, 0.29) is 0 Å². The average Bonchev–Trinajstić information content (AvgIpc) is 3.11. The number of ether oxygens (including phenoxy) is 2. The van der Waals surface area contributed by atoms with E-state index in [0.717, 1.165) is 29.9 Å². The van der Waals surface area contributed by atoms with Gasteiger partial charge in [0.25, 0.3) is 0 Å². The van der Waals surface area contributed by atoms with Gasteiger partial charge in [0.1, 0.15) is 0 Å². The van der Waals surface area contributed by atoms with Crippen molar-refractivity contribution in [2.45, 2.75) is 13.3 Å². The van der Waals surface area contributed by atoms with Gasteiger partial charge in [0, 0.05) is 42.4 Å². The number of benzene rings is 2. The Bertz CT molecular complexity index is 917. The molecular formula is C21H26N4O2. The predicted molar refractivity (Wildman–Crippen MR) is 111 cm³/mol. The van der Waals surface area contributed by atoms with Gasteiger partial charge in [-0.25, -0.2) is 0 Å². The Morgan fingerprint density at radius 3 is 2.78 bits per heavy atom. The monoisotopic (exact) mass is 366 g/mol. The number of nitrogens with zero attached hydrogens (tertiary/aromatic N) is 1. The zero-order valence-electron chi connectivity index (χ0n) is 16.0. The third-order valence-electron chi connectivity index (χ3n) is 4.31. The number of nitrogens with one attached hydrogen (secondary N) is 3. The molecule has 3 N–H and O–H groups in total. The number of anilines is 1. The second kappa shape index (κ2) is 8.98. The summed E-state index contributed by atoms with van der Waals surface area (Å²) < 4.78 is 10.9. The second-order valence-corrected chi connectivity index (χ2v) is 6.03. The maximum atomic E-state index is 5.55. The Morgan fingerprint density at radius 2 is 2.00 bits per heavy atom. The first-order valence-corrected chi connectivity index (χ1v) is 9.08. The number of hydrogen-bond donors (Lipinski definition) is 3. The van der Waals surface area contributed by atoms with E-state index in [9.17, 15) is 0 Å². The lowest BCUT2D eigenvalue weighted by Crippen LogP contribution is -2.32. The Hall–Kier alpha value is -3.15. The first kappa shape index (κ1) is 18.6. The number of para-hydroxylation sites is 1. The molecule has 2 aromatic carbocycles. The van der Waals surface area contributed by atoms with Gasteiger partial charge >= 0.3 is 0 Å². The fourth-order valence-corrected chi connectivity index (χ4v) is 2.99. The summed E-state index contributed by atoms with van der Waals surface area (Å²) in [6.45, 7) is 3.32. The zero-order chi connectivity index (χ0) is 19.1. The van der Waals surface area contributed by atoms with E-state index < -0.39 is 0 Å². The van der Waals surface area contributed by atoms with Gasteiger partial charge in [0.15, 0.2) is 17.5 Å². The van der Waals surface area contributed by atoms with Crippen LogP contribution in [0.3, 0.4) is 0 Å². The average molecular weight is 366 g/mol. The highest BCUT2D eigenvalue weighted by Crippen LogP contribution is 2.30. The first-order valence-electron chi connectivity index (χ1n) is 9.08. The highest BCUT2D eigenvalue weighted by molar-refractivity contribution is 5.94. The van der Waals surface area contributed by atoms with E-state index >= 15 is 0 Å². The molecule has 0 spiro atoms. The van der Waals surface area contributed by atoms with Crippen LogP contribution in [0.15, 0.2) is 53.7 Å². The highest BCUT2D eigenvalue weighted by Gasteiger charge is 2.07. The van der Waals surface area contributed by atoms with E-state index in [1.807, 2.05) is 31.2 Å². The van der Waals surface area contributed by atoms with Gasteiger partial charge < -0.3 is 25.1 Å². The molecule has 0 aliphatic heterocycles. The largest absolute Gasteiger partial charge is 0.493 e. The standard InChI is InChI=1S/C21H26N4O2/c1-4-27-19-10-9-16(13-20(19)26-3)25-21(22-2)23-12-11-15-14-24-18-8-6-5-7-17(15)18/h5-10,13-14,24H,4,11-12H2,1-3H3,(H2,22,23,25). The molecule has 0 saturated heterocycles. The molecular weight excluding hydrogens is 340 g/mol. The smallest absolute Gasteiger partial charge is 0.195 e. The van der Waals surface area contributed by atoms with Gasteiger partial charge in [-0.05, 0) is 37.1 Å². The van der Waals surface area contributed by atoms with Crippen molar-refractivity contribution < 1.29 is 9.47 Å². The van der Waals surface area contributed by atoms with Crippen LogP contribution < -0.4 is 20.1 Å². The Kier molecular flexibility index (Phi) is 6.20. The van der Waals surface area contributed by atoms with Crippen molar-refractivity contribution in [1.29, 1.82) is 0 Å². The van der Waals surface area contributed by atoms with Crippen LogP contribution in [0.2, 0.25) is 0 Å². The topological polar surface area (TPSA) is 70.7 Å². The van der Waals surface area contributed by atoms with Crippen molar-refractivity contribution in [3.63, 3.8) is 0 Å². The maximum Gasteiger partial charge on any atom is 0.195 e. The number of aromatic nitrogens is 1.